The zero-order valence-electron chi connectivity index (χ0n) is 15.3. The minimum Gasteiger partial charge on any atom is -0.255 e. The Hall–Kier alpha value is -1.54. The van der Waals surface area contributed by atoms with Crippen molar-refractivity contribution in [3.8, 4) is 0 Å². The second kappa shape index (κ2) is 5.83. The monoisotopic (exact) mass is 323 g/mol. The highest BCUT2D eigenvalue weighted by atomic mass is 28.3. The highest BCUT2D eigenvalue weighted by molar-refractivity contribution is 6.84. The van der Waals surface area contributed by atoms with Crippen molar-refractivity contribution >= 4 is 14.8 Å². The maximum Gasteiger partial charge on any atom is 0.147 e. The van der Waals surface area contributed by atoms with Crippen LogP contribution in [0.25, 0.3) is 0 Å². The van der Waals surface area contributed by atoms with E-state index in [2.05, 4.69) is 69.2 Å². The van der Waals surface area contributed by atoms with Crippen molar-refractivity contribution in [3.05, 3.63) is 63.5 Å². The average molecular weight is 324 g/mol. The van der Waals surface area contributed by atoms with Gasteiger partial charge in [0, 0.05) is 0 Å². The molecule has 3 rings (SSSR count). The van der Waals surface area contributed by atoms with Gasteiger partial charge < -0.3 is 0 Å². The number of rotatable bonds is 2. The number of aryl methyl sites for hydroxylation is 2. The second-order valence-electron chi connectivity index (χ2n) is 8.08. The summed E-state index contributed by atoms with van der Waals surface area (Å²) in [5.74, 6) is 0. The Balaban J connectivity index is 2.08. The Morgan fingerprint density at radius 2 is 1.78 bits per heavy atom. The molecule has 2 heteroatoms. The number of fused-ring (bicyclic) bond motifs is 1. The summed E-state index contributed by atoms with van der Waals surface area (Å²) in [6.45, 7) is 16.1. The van der Waals surface area contributed by atoms with Crippen molar-refractivity contribution in [3.63, 3.8) is 0 Å². The summed E-state index contributed by atoms with van der Waals surface area (Å²) in [6.07, 6.45) is 9.74. The fourth-order valence-corrected chi connectivity index (χ4v) is 5.79. The molecule has 0 amide bonds. The second-order valence-corrected chi connectivity index (χ2v) is 13.1. The first kappa shape index (κ1) is 16.3. The van der Waals surface area contributed by atoms with Crippen LogP contribution in [0, 0.1) is 13.0 Å². The number of benzene rings is 1. The molecular formula is C21H29NSi. The van der Waals surface area contributed by atoms with E-state index >= 15 is 0 Å². The van der Waals surface area contributed by atoms with E-state index in [1.165, 1.54) is 53.6 Å². The largest absolute Gasteiger partial charge is 0.255 e. The van der Waals surface area contributed by atoms with E-state index in [0.717, 1.165) is 0 Å². The van der Waals surface area contributed by atoms with Crippen molar-refractivity contribution in [1.82, 2.24) is 0 Å². The number of hydrogen-bond donors (Lipinski definition) is 0. The Bertz CT molecular complexity index is 716. The lowest BCUT2D eigenvalue weighted by molar-refractivity contribution is -0.418. The van der Waals surface area contributed by atoms with E-state index < -0.39 is 8.07 Å². The molecule has 2 aliphatic rings. The number of allylic oxidation sites excluding steroid dienone is 2. The van der Waals surface area contributed by atoms with Gasteiger partial charge in [-0.3, -0.25) is 4.58 Å². The molecule has 1 aromatic rings. The SMILES string of the molecule is C=[N+]1C=C([Si](C)(C)C)C(C)=C[C-]1c1c(C)ccc2c1CCCC2. The number of hydrogen-bond acceptors (Lipinski definition) is 0. The number of nitrogens with zero attached hydrogens (tertiary/aromatic N) is 1. The summed E-state index contributed by atoms with van der Waals surface area (Å²) in [6, 6.07) is 5.91. The first-order valence-electron chi connectivity index (χ1n) is 8.78. The van der Waals surface area contributed by atoms with Crippen LogP contribution in [0.3, 0.4) is 0 Å². The zero-order valence-corrected chi connectivity index (χ0v) is 16.3. The summed E-state index contributed by atoms with van der Waals surface area (Å²) < 4.78 is 2.12. The van der Waals surface area contributed by atoms with Gasteiger partial charge in [0.1, 0.15) is 12.2 Å². The minimum atomic E-state index is -1.34. The molecule has 0 fully saturated rings. The van der Waals surface area contributed by atoms with Crippen LogP contribution in [0.1, 0.15) is 42.0 Å². The van der Waals surface area contributed by atoms with Crippen LogP contribution >= 0.6 is 0 Å². The normalized spacial score (nSPS) is 18.5. The molecule has 122 valence electrons. The van der Waals surface area contributed by atoms with E-state index in [0.29, 0.717) is 0 Å². The Morgan fingerprint density at radius 3 is 2.48 bits per heavy atom. The first-order chi connectivity index (χ1) is 10.8. The van der Waals surface area contributed by atoms with Crippen LogP contribution in [0.4, 0.5) is 0 Å². The van der Waals surface area contributed by atoms with Crippen molar-refractivity contribution < 1.29 is 4.58 Å². The fraction of sp³-hybridized carbons (Fsp3) is 0.429. The summed E-state index contributed by atoms with van der Waals surface area (Å²) in [5, 5.41) is 1.51. The fourth-order valence-electron chi connectivity index (χ4n) is 4.00. The maximum absolute atomic E-state index is 4.34. The lowest BCUT2D eigenvalue weighted by Gasteiger charge is -2.32. The van der Waals surface area contributed by atoms with Crippen LogP contribution in [0.2, 0.25) is 19.6 Å². The van der Waals surface area contributed by atoms with Gasteiger partial charge >= 0.3 is 0 Å². The van der Waals surface area contributed by atoms with Gasteiger partial charge in [0.05, 0.1) is 14.8 Å². The van der Waals surface area contributed by atoms with Crippen LogP contribution < -0.4 is 0 Å². The lowest BCUT2D eigenvalue weighted by atomic mass is 9.82. The first-order valence-corrected chi connectivity index (χ1v) is 12.3. The molecule has 0 N–H and O–H groups in total. The Morgan fingerprint density at radius 1 is 1.09 bits per heavy atom. The predicted molar refractivity (Wildman–Crippen MR) is 103 cm³/mol. The van der Waals surface area contributed by atoms with Crippen molar-refractivity contribution in [2.45, 2.75) is 59.2 Å². The lowest BCUT2D eigenvalue weighted by Crippen LogP contribution is -2.30. The molecule has 0 saturated carbocycles. The molecule has 0 atom stereocenters. The minimum absolute atomic E-state index is 1.21. The molecule has 1 nitrogen and oxygen atoms in total. The highest BCUT2D eigenvalue weighted by Crippen LogP contribution is 2.37. The van der Waals surface area contributed by atoms with Crippen LogP contribution in [-0.2, 0) is 12.8 Å². The van der Waals surface area contributed by atoms with Gasteiger partial charge in [-0.15, -0.1) is 0 Å². The van der Waals surface area contributed by atoms with Crippen LogP contribution in [0.15, 0.2) is 35.2 Å². The quantitative estimate of drug-likeness (QED) is 0.400. The van der Waals surface area contributed by atoms with Gasteiger partial charge in [-0.2, -0.15) is 0 Å². The predicted octanol–water partition coefficient (Wildman–Crippen LogP) is 5.19. The zero-order chi connectivity index (χ0) is 16.8. The summed E-state index contributed by atoms with van der Waals surface area (Å²) in [4.78, 5) is 0. The Kier molecular flexibility index (Phi) is 4.13. The van der Waals surface area contributed by atoms with Gasteiger partial charge in [-0.1, -0.05) is 74.3 Å². The standard InChI is InChI=1S/C21H29NSi/c1-15-11-12-17-9-7-8-10-18(17)21(15)19-13-16(2)20(14-22(19)3)23(4,5)6/h11-14H,3,7-10H2,1-2,4-6H3. The molecule has 0 radical (unpaired) electrons. The molecular weight excluding hydrogens is 294 g/mol. The van der Waals surface area contributed by atoms with Gasteiger partial charge in [0.25, 0.3) is 0 Å². The van der Waals surface area contributed by atoms with Crippen molar-refractivity contribution in [2.24, 2.45) is 0 Å². The third-order valence-electron chi connectivity index (χ3n) is 5.18. The van der Waals surface area contributed by atoms with E-state index in [1.807, 2.05) is 0 Å². The third kappa shape index (κ3) is 2.97. The molecule has 1 heterocycles. The molecule has 0 aromatic heterocycles. The maximum atomic E-state index is 4.34. The van der Waals surface area contributed by atoms with Gasteiger partial charge in [0.2, 0.25) is 0 Å². The third-order valence-corrected chi connectivity index (χ3v) is 7.32. The topological polar surface area (TPSA) is 3.01 Å². The van der Waals surface area contributed by atoms with E-state index in [1.54, 1.807) is 11.1 Å². The molecule has 23 heavy (non-hydrogen) atoms. The summed E-state index contributed by atoms with van der Waals surface area (Å²) >= 11 is 0. The van der Waals surface area contributed by atoms with E-state index in [-0.39, 0.29) is 0 Å². The van der Waals surface area contributed by atoms with E-state index in [4.69, 9.17) is 0 Å². The molecule has 0 unspecified atom stereocenters. The molecule has 1 aromatic carbocycles. The van der Waals surface area contributed by atoms with Gasteiger partial charge in [0.15, 0.2) is 0 Å². The highest BCUT2D eigenvalue weighted by Gasteiger charge is 2.29. The van der Waals surface area contributed by atoms with Crippen molar-refractivity contribution in [2.75, 3.05) is 0 Å². The van der Waals surface area contributed by atoms with Gasteiger partial charge in [-0.25, -0.2) is 0 Å². The summed E-state index contributed by atoms with van der Waals surface area (Å²) in [5.41, 5.74) is 7.34. The molecule has 0 saturated heterocycles. The van der Waals surface area contributed by atoms with Crippen LogP contribution in [0.5, 0.6) is 0 Å². The Labute approximate surface area is 142 Å². The molecule has 0 bridgehead atoms. The molecule has 1 aliphatic heterocycles. The molecule has 1 aliphatic carbocycles. The average Bonchev–Trinajstić information content (AvgIpc) is 2.48. The smallest absolute Gasteiger partial charge is 0.147 e. The molecule has 0 spiro atoms. The van der Waals surface area contributed by atoms with Crippen LogP contribution in [-0.4, -0.2) is 19.4 Å². The summed E-state index contributed by atoms with van der Waals surface area (Å²) in [7, 11) is -1.34. The van der Waals surface area contributed by atoms with Gasteiger partial charge in [-0.05, 0) is 36.1 Å². The van der Waals surface area contributed by atoms with E-state index in [9.17, 15) is 0 Å². The van der Waals surface area contributed by atoms with Crippen molar-refractivity contribution in [1.29, 1.82) is 0 Å².